The Morgan fingerprint density at radius 2 is 1.46 bits per heavy atom. The van der Waals surface area contributed by atoms with E-state index in [1.165, 1.54) is 6.08 Å². The molecule has 208 valence electrons. The van der Waals surface area contributed by atoms with E-state index >= 15 is 0 Å². The molecule has 4 aromatic carbocycles. The summed E-state index contributed by atoms with van der Waals surface area (Å²) in [4.78, 5) is 12.9. The number of carbonyl (C=O) groups is 1. The summed E-state index contributed by atoms with van der Waals surface area (Å²) in [5, 5.41) is 12.8. The highest BCUT2D eigenvalue weighted by atomic mass is 79.9. The van der Waals surface area contributed by atoms with Crippen molar-refractivity contribution in [3.8, 4) is 23.3 Å². The number of hydrogen-bond donors (Lipinski definition) is 1. The van der Waals surface area contributed by atoms with Crippen molar-refractivity contribution in [1.82, 2.24) is 0 Å². The van der Waals surface area contributed by atoms with Crippen molar-refractivity contribution in [3.05, 3.63) is 121 Å². The number of amides is 1. The molecule has 9 heteroatoms. The number of anilines is 1. The molecule has 0 saturated carbocycles. The fourth-order valence-corrected chi connectivity index (χ4v) is 4.51. The van der Waals surface area contributed by atoms with Crippen LogP contribution in [-0.4, -0.2) is 12.5 Å². The lowest BCUT2D eigenvalue weighted by molar-refractivity contribution is -0.112. The van der Waals surface area contributed by atoms with Crippen molar-refractivity contribution in [2.45, 2.75) is 20.1 Å². The first-order chi connectivity index (χ1) is 19.8. The van der Waals surface area contributed by atoms with Crippen LogP contribution in [0.3, 0.4) is 0 Å². The Kier molecular flexibility index (Phi) is 10.9. The molecule has 0 spiro atoms. The predicted molar refractivity (Wildman–Crippen MR) is 168 cm³/mol. The average molecular weight is 697 g/mol. The molecule has 1 N–H and O–H groups in total. The van der Waals surface area contributed by atoms with Crippen LogP contribution in [0.15, 0.2) is 99.4 Å². The molecule has 0 aliphatic rings. The van der Waals surface area contributed by atoms with Crippen LogP contribution in [0.5, 0.6) is 17.2 Å². The lowest BCUT2D eigenvalue weighted by Gasteiger charge is -2.15. The minimum absolute atomic E-state index is 0.0948. The predicted octanol–water partition coefficient (Wildman–Crippen LogP) is 8.97. The first-order valence-electron chi connectivity index (χ1n) is 12.6. The van der Waals surface area contributed by atoms with E-state index in [1.807, 2.05) is 61.5 Å². The minimum Gasteiger partial charge on any atom is -0.490 e. The van der Waals surface area contributed by atoms with Gasteiger partial charge >= 0.3 is 0 Å². The number of carbonyl (C=O) groups excluding carboxylic acids is 1. The third-order valence-electron chi connectivity index (χ3n) is 5.74. The van der Waals surface area contributed by atoms with Crippen molar-refractivity contribution in [2.24, 2.45) is 0 Å². The number of nitrogens with one attached hydrogen (secondary N) is 1. The van der Waals surface area contributed by atoms with Gasteiger partial charge in [0, 0.05) is 14.6 Å². The topological polar surface area (TPSA) is 80.6 Å². The van der Waals surface area contributed by atoms with E-state index in [0.29, 0.717) is 53.3 Å². The zero-order valence-electron chi connectivity index (χ0n) is 22.0. The quantitative estimate of drug-likeness (QED) is 0.125. The standard InChI is InChI=1S/C32H25Br2ClN2O4/c1-2-39-30-17-23(16-29(35)31(30)41-20-22-5-9-26(34)10-6-22)15-24(18-36)32(38)37-27-11-13-28(14-12-27)40-19-21-3-7-25(33)8-4-21/h3-17H,2,19-20H2,1H3,(H,37,38)/b24-15+. The molecule has 0 saturated heterocycles. The van der Waals surface area contributed by atoms with Gasteiger partial charge in [0.25, 0.3) is 5.91 Å². The Labute approximate surface area is 260 Å². The van der Waals surface area contributed by atoms with E-state index in [4.69, 9.17) is 25.8 Å². The highest BCUT2D eigenvalue weighted by molar-refractivity contribution is 9.10. The van der Waals surface area contributed by atoms with Gasteiger partial charge in [-0.15, -0.1) is 0 Å². The lowest BCUT2D eigenvalue weighted by atomic mass is 10.1. The molecule has 0 aliphatic carbocycles. The Morgan fingerprint density at radius 1 is 0.878 bits per heavy atom. The normalized spacial score (nSPS) is 11.0. The van der Waals surface area contributed by atoms with Crippen LogP contribution in [0, 0.1) is 11.3 Å². The Bertz CT molecular complexity index is 1570. The second-order valence-electron chi connectivity index (χ2n) is 8.74. The molecule has 0 bridgehead atoms. The fraction of sp³-hybridized carbons (Fsp3) is 0.125. The van der Waals surface area contributed by atoms with Crippen molar-refractivity contribution >= 4 is 61.1 Å². The zero-order valence-corrected chi connectivity index (χ0v) is 25.9. The molecular formula is C32H25Br2ClN2O4. The molecule has 0 radical (unpaired) electrons. The smallest absolute Gasteiger partial charge is 0.266 e. The van der Waals surface area contributed by atoms with Gasteiger partial charge in [-0.2, -0.15) is 5.26 Å². The van der Waals surface area contributed by atoms with Crippen molar-refractivity contribution in [1.29, 1.82) is 5.26 Å². The van der Waals surface area contributed by atoms with Crippen LogP contribution in [0.1, 0.15) is 23.6 Å². The van der Waals surface area contributed by atoms with Crippen molar-refractivity contribution < 1.29 is 19.0 Å². The molecule has 4 aromatic rings. The first-order valence-corrected chi connectivity index (χ1v) is 14.5. The molecule has 0 aromatic heterocycles. The summed E-state index contributed by atoms with van der Waals surface area (Å²) < 4.78 is 19.5. The second-order valence-corrected chi connectivity index (χ2v) is 11.0. The van der Waals surface area contributed by atoms with Gasteiger partial charge in [0.1, 0.15) is 30.6 Å². The molecule has 0 fully saturated rings. The van der Waals surface area contributed by atoms with Gasteiger partial charge < -0.3 is 19.5 Å². The van der Waals surface area contributed by atoms with Crippen LogP contribution < -0.4 is 19.5 Å². The fourth-order valence-electron chi connectivity index (χ4n) is 3.71. The Morgan fingerprint density at radius 3 is 2.02 bits per heavy atom. The Balaban J connectivity index is 1.43. The van der Waals surface area contributed by atoms with E-state index in [0.717, 1.165) is 20.1 Å². The average Bonchev–Trinajstić information content (AvgIpc) is 2.97. The molecule has 0 unspecified atom stereocenters. The van der Waals surface area contributed by atoms with Gasteiger partial charge in [-0.3, -0.25) is 4.79 Å². The van der Waals surface area contributed by atoms with Gasteiger partial charge in [-0.05, 0) is 90.4 Å². The van der Waals surface area contributed by atoms with E-state index in [9.17, 15) is 10.1 Å². The number of halogens is 3. The monoisotopic (exact) mass is 694 g/mol. The summed E-state index contributed by atoms with van der Waals surface area (Å²) in [6.07, 6.45) is 1.46. The highest BCUT2D eigenvalue weighted by Gasteiger charge is 2.15. The maximum atomic E-state index is 12.9. The highest BCUT2D eigenvalue weighted by Crippen LogP contribution is 2.38. The summed E-state index contributed by atoms with van der Waals surface area (Å²) in [6, 6.07) is 27.8. The van der Waals surface area contributed by atoms with E-state index in [1.54, 1.807) is 36.4 Å². The van der Waals surface area contributed by atoms with Crippen LogP contribution in [0.4, 0.5) is 5.69 Å². The number of rotatable bonds is 11. The number of ether oxygens (including phenoxy) is 3. The summed E-state index contributed by atoms with van der Waals surface area (Å²) in [6.45, 7) is 2.94. The van der Waals surface area contributed by atoms with E-state index in [2.05, 4.69) is 37.2 Å². The van der Waals surface area contributed by atoms with E-state index < -0.39 is 5.91 Å². The summed E-state index contributed by atoms with van der Waals surface area (Å²) in [5.41, 5.74) is 2.95. The molecule has 0 heterocycles. The molecular weight excluding hydrogens is 672 g/mol. The van der Waals surface area contributed by atoms with Crippen molar-refractivity contribution in [3.63, 3.8) is 0 Å². The number of nitriles is 1. The van der Waals surface area contributed by atoms with Crippen molar-refractivity contribution in [2.75, 3.05) is 11.9 Å². The third-order valence-corrected chi connectivity index (χ3v) is 7.07. The van der Waals surface area contributed by atoms with Crippen LogP contribution in [0.25, 0.3) is 6.08 Å². The summed E-state index contributed by atoms with van der Waals surface area (Å²) in [7, 11) is 0. The second kappa shape index (κ2) is 14.7. The van der Waals surface area contributed by atoms with Gasteiger partial charge in [-0.25, -0.2) is 0 Å². The van der Waals surface area contributed by atoms with Gasteiger partial charge in [0.05, 0.1) is 11.6 Å². The molecule has 1 amide bonds. The number of nitrogens with zero attached hydrogens (tertiary/aromatic N) is 1. The van der Waals surface area contributed by atoms with Gasteiger partial charge in [0.15, 0.2) is 11.5 Å². The van der Waals surface area contributed by atoms with E-state index in [-0.39, 0.29) is 5.57 Å². The lowest BCUT2D eigenvalue weighted by Crippen LogP contribution is -2.13. The van der Waals surface area contributed by atoms with Gasteiger partial charge in [-0.1, -0.05) is 67.7 Å². The molecule has 0 atom stereocenters. The SMILES string of the molecule is CCOc1cc(/C=C(\C#N)C(=O)Nc2ccc(OCc3ccc(Br)cc3)cc2)cc(Cl)c1OCc1ccc(Br)cc1. The first kappa shape index (κ1) is 30.2. The third kappa shape index (κ3) is 8.86. The molecule has 0 aliphatic heterocycles. The van der Waals surface area contributed by atoms with Crippen LogP contribution >= 0.6 is 43.5 Å². The summed E-state index contributed by atoms with van der Waals surface area (Å²) >= 11 is 13.4. The van der Waals surface area contributed by atoms with Crippen LogP contribution in [-0.2, 0) is 18.0 Å². The summed E-state index contributed by atoms with van der Waals surface area (Å²) in [5.74, 6) is 0.905. The largest absolute Gasteiger partial charge is 0.490 e. The van der Waals surface area contributed by atoms with Gasteiger partial charge in [0.2, 0.25) is 0 Å². The Hall–Kier alpha value is -3.77. The maximum absolute atomic E-state index is 12.9. The molecule has 41 heavy (non-hydrogen) atoms. The van der Waals surface area contributed by atoms with Crippen LogP contribution in [0.2, 0.25) is 5.02 Å². The number of benzene rings is 4. The number of hydrogen-bond acceptors (Lipinski definition) is 5. The zero-order chi connectivity index (χ0) is 29.2. The molecule has 6 nitrogen and oxygen atoms in total. The molecule has 4 rings (SSSR count). The maximum Gasteiger partial charge on any atom is 0.266 e. The minimum atomic E-state index is -0.555.